The molecule has 1 aromatic carbocycles. The largest absolute Gasteiger partial charge is 0.389 e. The molecule has 1 aromatic rings. The zero-order valence-corrected chi connectivity index (χ0v) is 9.46. The molecule has 5 heteroatoms. The van der Waals surface area contributed by atoms with E-state index in [-0.39, 0.29) is 6.54 Å². The quantitative estimate of drug-likeness (QED) is 0.603. The van der Waals surface area contributed by atoms with Crippen LogP contribution in [-0.4, -0.2) is 42.5 Å². The second kappa shape index (κ2) is 6.24. The summed E-state index contributed by atoms with van der Waals surface area (Å²) in [5, 5.41) is 22.2. The lowest BCUT2D eigenvalue weighted by Crippen LogP contribution is -2.29. The van der Waals surface area contributed by atoms with Crippen LogP contribution in [0.3, 0.4) is 0 Å². The van der Waals surface area contributed by atoms with Gasteiger partial charge in [0, 0.05) is 17.7 Å². The standard InChI is InChI=1S/C12H15NO4/c1-13-5-11(16)12(17)10-3-8(6-14)2-9(4-10)7-15/h2-4,6-7,11-13,16-17H,5H2,1H3. The zero-order valence-electron chi connectivity index (χ0n) is 9.46. The normalized spacial score (nSPS) is 14.1. The van der Waals surface area contributed by atoms with Crippen LogP contribution in [0.4, 0.5) is 0 Å². The van der Waals surface area contributed by atoms with Crippen molar-refractivity contribution < 1.29 is 19.8 Å². The van der Waals surface area contributed by atoms with Crippen molar-refractivity contribution in [2.75, 3.05) is 13.6 Å². The van der Waals surface area contributed by atoms with Gasteiger partial charge in [-0.15, -0.1) is 0 Å². The second-order valence-corrected chi connectivity index (χ2v) is 3.74. The number of hydrogen-bond acceptors (Lipinski definition) is 5. The third kappa shape index (κ3) is 3.45. The molecule has 1 rings (SSSR count). The van der Waals surface area contributed by atoms with Gasteiger partial charge in [0.1, 0.15) is 18.7 Å². The van der Waals surface area contributed by atoms with E-state index in [9.17, 15) is 19.8 Å². The smallest absolute Gasteiger partial charge is 0.150 e. The van der Waals surface area contributed by atoms with Crippen molar-refractivity contribution in [1.82, 2.24) is 5.32 Å². The van der Waals surface area contributed by atoms with Crippen LogP contribution in [0.15, 0.2) is 18.2 Å². The number of nitrogens with one attached hydrogen (secondary N) is 1. The highest BCUT2D eigenvalue weighted by molar-refractivity contribution is 5.82. The minimum atomic E-state index is -1.14. The van der Waals surface area contributed by atoms with Gasteiger partial charge in [0.2, 0.25) is 0 Å². The highest BCUT2D eigenvalue weighted by Gasteiger charge is 2.18. The summed E-state index contributed by atoms with van der Waals surface area (Å²) in [6.45, 7) is 0.211. The summed E-state index contributed by atoms with van der Waals surface area (Å²) in [7, 11) is 1.65. The van der Waals surface area contributed by atoms with E-state index < -0.39 is 12.2 Å². The van der Waals surface area contributed by atoms with E-state index in [2.05, 4.69) is 5.32 Å². The van der Waals surface area contributed by atoms with E-state index in [0.717, 1.165) is 0 Å². The Kier molecular flexibility index (Phi) is 4.96. The lowest BCUT2D eigenvalue weighted by atomic mass is 9.99. The molecule has 0 heterocycles. The molecule has 0 amide bonds. The van der Waals surface area contributed by atoms with E-state index >= 15 is 0 Å². The first-order chi connectivity index (χ1) is 8.12. The molecule has 2 unspecified atom stereocenters. The van der Waals surface area contributed by atoms with Gasteiger partial charge in [-0.3, -0.25) is 9.59 Å². The number of aldehydes is 2. The topological polar surface area (TPSA) is 86.6 Å². The van der Waals surface area contributed by atoms with Crippen LogP contribution in [0.5, 0.6) is 0 Å². The molecule has 0 spiro atoms. The molecule has 17 heavy (non-hydrogen) atoms. The molecule has 92 valence electrons. The number of likely N-dealkylation sites (N-methyl/N-ethyl adjacent to an activating group) is 1. The van der Waals surface area contributed by atoms with Crippen molar-refractivity contribution in [3.63, 3.8) is 0 Å². The van der Waals surface area contributed by atoms with E-state index in [1.807, 2.05) is 0 Å². The molecule has 0 saturated heterocycles. The monoisotopic (exact) mass is 237 g/mol. The predicted molar refractivity (Wildman–Crippen MR) is 62.1 cm³/mol. The molecule has 0 aliphatic carbocycles. The zero-order chi connectivity index (χ0) is 12.8. The number of hydrogen-bond donors (Lipinski definition) is 3. The van der Waals surface area contributed by atoms with E-state index in [0.29, 0.717) is 29.3 Å². The van der Waals surface area contributed by atoms with E-state index in [1.165, 1.54) is 18.2 Å². The number of aliphatic hydroxyl groups is 2. The summed E-state index contributed by atoms with van der Waals surface area (Å²) >= 11 is 0. The number of aliphatic hydroxyl groups excluding tert-OH is 2. The van der Waals surface area contributed by atoms with Gasteiger partial charge in [-0.2, -0.15) is 0 Å². The summed E-state index contributed by atoms with van der Waals surface area (Å²) in [5.74, 6) is 0. The number of benzene rings is 1. The van der Waals surface area contributed by atoms with Crippen LogP contribution >= 0.6 is 0 Å². The van der Waals surface area contributed by atoms with Gasteiger partial charge >= 0.3 is 0 Å². The Hall–Kier alpha value is -1.56. The van der Waals surface area contributed by atoms with Gasteiger partial charge in [-0.25, -0.2) is 0 Å². The molecule has 3 N–H and O–H groups in total. The molecular weight excluding hydrogens is 222 g/mol. The highest BCUT2D eigenvalue weighted by atomic mass is 16.3. The molecule has 5 nitrogen and oxygen atoms in total. The third-order valence-electron chi connectivity index (χ3n) is 2.39. The van der Waals surface area contributed by atoms with Crippen LogP contribution < -0.4 is 5.32 Å². The van der Waals surface area contributed by atoms with Gasteiger partial charge < -0.3 is 15.5 Å². The summed E-state index contributed by atoms with van der Waals surface area (Å²) in [5.41, 5.74) is 0.931. The van der Waals surface area contributed by atoms with Crippen LogP contribution in [0.2, 0.25) is 0 Å². The molecule has 0 bridgehead atoms. The Labute approximate surface area is 99.1 Å². The fraction of sp³-hybridized carbons (Fsp3) is 0.333. The number of carbonyl (C=O) groups excluding carboxylic acids is 2. The lowest BCUT2D eigenvalue weighted by Gasteiger charge is -2.18. The number of rotatable bonds is 6. The van der Waals surface area contributed by atoms with Crippen molar-refractivity contribution in [3.8, 4) is 0 Å². The Morgan fingerprint density at radius 3 is 2.12 bits per heavy atom. The molecule has 0 aliphatic heterocycles. The Bertz CT molecular complexity index is 379. The molecule has 0 aromatic heterocycles. The Balaban J connectivity index is 3.03. The van der Waals surface area contributed by atoms with Gasteiger partial charge in [0.05, 0.1) is 6.10 Å². The Morgan fingerprint density at radius 2 is 1.71 bits per heavy atom. The summed E-state index contributed by atoms with van der Waals surface area (Å²) < 4.78 is 0. The molecular formula is C12H15NO4. The first kappa shape index (κ1) is 13.5. The van der Waals surface area contributed by atoms with Gasteiger partial charge in [-0.05, 0) is 30.8 Å². The summed E-state index contributed by atoms with van der Waals surface area (Å²) in [4.78, 5) is 21.3. The van der Waals surface area contributed by atoms with Crippen molar-refractivity contribution in [1.29, 1.82) is 0 Å². The van der Waals surface area contributed by atoms with E-state index in [4.69, 9.17) is 0 Å². The third-order valence-corrected chi connectivity index (χ3v) is 2.39. The minimum Gasteiger partial charge on any atom is -0.389 e. The fourth-order valence-electron chi connectivity index (χ4n) is 1.55. The van der Waals surface area contributed by atoms with Crippen LogP contribution in [0.25, 0.3) is 0 Å². The first-order valence-corrected chi connectivity index (χ1v) is 5.18. The average Bonchev–Trinajstić information content (AvgIpc) is 2.37. The molecule has 0 aliphatic rings. The van der Waals surface area contributed by atoms with Crippen LogP contribution in [0.1, 0.15) is 32.4 Å². The molecule has 0 radical (unpaired) electrons. The van der Waals surface area contributed by atoms with Crippen molar-refractivity contribution in [2.45, 2.75) is 12.2 Å². The minimum absolute atomic E-state index is 0.211. The molecule has 2 atom stereocenters. The predicted octanol–water partition coefficient (Wildman–Crippen LogP) is -0.0747. The van der Waals surface area contributed by atoms with Gasteiger partial charge in [0.15, 0.2) is 0 Å². The summed E-state index contributed by atoms with van der Waals surface area (Å²) in [6.07, 6.45) is -0.955. The van der Waals surface area contributed by atoms with Gasteiger partial charge in [-0.1, -0.05) is 0 Å². The molecule has 0 fully saturated rings. The average molecular weight is 237 g/mol. The van der Waals surface area contributed by atoms with Crippen molar-refractivity contribution >= 4 is 12.6 Å². The van der Waals surface area contributed by atoms with E-state index in [1.54, 1.807) is 7.05 Å². The first-order valence-electron chi connectivity index (χ1n) is 5.18. The molecule has 0 saturated carbocycles. The highest BCUT2D eigenvalue weighted by Crippen LogP contribution is 2.19. The number of carbonyl (C=O) groups is 2. The second-order valence-electron chi connectivity index (χ2n) is 3.74. The van der Waals surface area contributed by atoms with Crippen LogP contribution in [0, 0.1) is 0 Å². The Morgan fingerprint density at radius 1 is 1.18 bits per heavy atom. The maximum Gasteiger partial charge on any atom is 0.150 e. The van der Waals surface area contributed by atoms with Crippen LogP contribution in [-0.2, 0) is 0 Å². The van der Waals surface area contributed by atoms with Crippen molar-refractivity contribution in [2.24, 2.45) is 0 Å². The fourth-order valence-corrected chi connectivity index (χ4v) is 1.55. The summed E-state index contributed by atoms with van der Waals surface area (Å²) in [6, 6.07) is 4.31. The maximum atomic E-state index is 10.7. The lowest BCUT2D eigenvalue weighted by molar-refractivity contribution is 0.0202. The SMILES string of the molecule is CNCC(O)C(O)c1cc(C=O)cc(C=O)c1. The maximum absolute atomic E-state index is 10.7. The van der Waals surface area contributed by atoms with Gasteiger partial charge in [0.25, 0.3) is 0 Å². The van der Waals surface area contributed by atoms with Crippen molar-refractivity contribution in [3.05, 3.63) is 34.9 Å².